The third-order valence-corrected chi connectivity index (χ3v) is 5.32. The lowest BCUT2D eigenvalue weighted by Gasteiger charge is -2.35. The Bertz CT molecular complexity index is 363. The average molecular weight is 295 g/mol. The van der Waals surface area contributed by atoms with Gasteiger partial charge in [-0.15, -0.1) is 0 Å². The van der Waals surface area contributed by atoms with E-state index in [4.69, 9.17) is 4.74 Å². The summed E-state index contributed by atoms with van der Waals surface area (Å²) in [5, 5.41) is 6.54. The maximum absolute atomic E-state index is 12.1. The lowest BCUT2D eigenvalue weighted by Crippen LogP contribution is -2.50. The van der Waals surface area contributed by atoms with E-state index >= 15 is 0 Å². The molecule has 0 aliphatic carbocycles. The molecular weight excluding hydrogens is 266 g/mol. The molecule has 3 saturated heterocycles. The summed E-state index contributed by atoms with van der Waals surface area (Å²) in [4.78, 5) is 14.6. The monoisotopic (exact) mass is 295 g/mol. The Morgan fingerprint density at radius 3 is 3.14 bits per heavy atom. The minimum absolute atomic E-state index is 0.161. The van der Waals surface area contributed by atoms with Crippen LogP contribution in [0.1, 0.15) is 39.0 Å². The highest BCUT2D eigenvalue weighted by Crippen LogP contribution is 2.22. The van der Waals surface area contributed by atoms with Crippen molar-refractivity contribution in [3.05, 3.63) is 0 Å². The molecule has 0 aromatic carbocycles. The van der Waals surface area contributed by atoms with Crippen LogP contribution < -0.4 is 10.6 Å². The number of hydrogen-bond donors (Lipinski definition) is 2. The Morgan fingerprint density at radius 1 is 1.38 bits per heavy atom. The molecule has 4 unspecified atom stereocenters. The van der Waals surface area contributed by atoms with Gasteiger partial charge in [-0.2, -0.15) is 0 Å². The van der Waals surface area contributed by atoms with Crippen molar-refractivity contribution in [3.63, 3.8) is 0 Å². The molecule has 120 valence electrons. The Morgan fingerprint density at radius 2 is 2.29 bits per heavy atom. The number of piperidine rings is 1. The molecule has 1 amide bonds. The van der Waals surface area contributed by atoms with Crippen LogP contribution in [0.4, 0.5) is 0 Å². The Labute approximate surface area is 127 Å². The Balaban J connectivity index is 1.37. The number of nitrogens with one attached hydrogen (secondary N) is 2. The predicted octanol–water partition coefficient (Wildman–Crippen LogP) is 0.744. The van der Waals surface area contributed by atoms with Gasteiger partial charge in [0, 0.05) is 31.6 Å². The second kappa shape index (κ2) is 7.07. The first-order valence-electron chi connectivity index (χ1n) is 8.58. The van der Waals surface area contributed by atoms with Crippen LogP contribution in [0.3, 0.4) is 0 Å². The molecule has 4 atom stereocenters. The topological polar surface area (TPSA) is 53.6 Å². The summed E-state index contributed by atoms with van der Waals surface area (Å²) in [7, 11) is 0. The van der Waals surface area contributed by atoms with Gasteiger partial charge in [-0.3, -0.25) is 9.69 Å². The van der Waals surface area contributed by atoms with Crippen molar-refractivity contribution in [1.29, 1.82) is 0 Å². The molecule has 21 heavy (non-hydrogen) atoms. The quantitative estimate of drug-likeness (QED) is 0.803. The summed E-state index contributed by atoms with van der Waals surface area (Å²) in [5.41, 5.74) is 0. The Hall–Kier alpha value is -0.650. The largest absolute Gasteiger partial charge is 0.373 e. The van der Waals surface area contributed by atoms with Gasteiger partial charge in [0.2, 0.25) is 5.91 Å². The third kappa shape index (κ3) is 3.96. The van der Waals surface area contributed by atoms with Crippen molar-refractivity contribution < 1.29 is 9.53 Å². The van der Waals surface area contributed by atoms with Crippen LogP contribution in [-0.4, -0.2) is 61.8 Å². The van der Waals surface area contributed by atoms with Crippen LogP contribution in [0.15, 0.2) is 0 Å². The fourth-order valence-electron chi connectivity index (χ4n) is 3.90. The van der Waals surface area contributed by atoms with E-state index in [-0.39, 0.29) is 12.0 Å². The number of hydrogen-bond acceptors (Lipinski definition) is 4. The fourth-order valence-corrected chi connectivity index (χ4v) is 3.90. The number of rotatable bonds is 4. The van der Waals surface area contributed by atoms with Crippen LogP contribution in [0, 0.1) is 5.92 Å². The van der Waals surface area contributed by atoms with E-state index in [1.54, 1.807) is 0 Å². The summed E-state index contributed by atoms with van der Waals surface area (Å²) in [6, 6.07) is 0.971. The van der Waals surface area contributed by atoms with Gasteiger partial charge in [0.1, 0.15) is 0 Å². The minimum Gasteiger partial charge on any atom is -0.373 e. The van der Waals surface area contributed by atoms with Gasteiger partial charge in [0.25, 0.3) is 0 Å². The van der Waals surface area contributed by atoms with Gasteiger partial charge in [0.15, 0.2) is 0 Å². The van der Waals surface area contributed by atoms with Crippen LogP contribution >= 0.6 is 0 Å². The molecule has 0 radical (unpaired) electrons. The summed E-state index contributed by atoms with van der Waals surface area (Å²) >= 11 is 0. The maximum atomic E-state index is 12.1. The van der Waals surface area contributed by atoms with E-state index in [1.807, 2.05) is 0 Å². The van der Waals surface area contributed by atoms with Crippen LogP contribution in [0.25, 0.3) is 0 Å². The predicted molar refractivity (Wildman–Crippen MR) is 82.2 cm³/mol. The first-order valence-corrected chi connectivity index (χ1v) is 8.58. The molecule has 0 saturated carbocycles. The first kappa shape index (κ1) is 15.3. The van der Waals surface area contributed by atoms with E-state index in [0.717, 1.165) is 19.7 Å². The molecule has 3 aliphatic rings. The molecule has 0 aromatic rings. The lowest BCUT2D eigenvalue weighted by atomic mass is 9.90. The van der Waals surface area contributed by atoms with Gasteiger partial charge in [0.05, 0.1) is 12.7 Å². The third-order valence-electron chi connectivity index (χ3n) is 5.32. The van der Waals surface area contributed by atoms with E-state index in [9.17, 15) is 4.79 Å². The first-order chi connectivity index (χ1) is 10.2. The van der Waals surface area contributed by atoms with Crippen molar-refractivity contribution in [3.8, 4) is 0 Å². The van der Waals surface area contributed by atoms with Crippen LogP contribution in [0.5, 0.6) is 0 Å². The van der Waals surface area contributed by atoms with Crippen molar-refractivity contribution in [1.82, 2.24) is 15.5 Å². The highest BCUT2D eigenvalue weighted by atomic mass is 16.5. The zero-order valence-corrected chi connectivity index (χ0v) is 13.1. The maximum Gasteiger partial charge on any atom is 0.221 e. The molecule has 3 fully saturated rings. The van der Waals surface area contributed by atoms with Crippen molar-refractivity contribution >= 4 is 5.91 Å². The average Bonchev–Trinajstić information content (AvgIpc) is 2.95. The number of carbonyl (C=O) groups is 1. The van der Waals surface area contributed by atoms with Crippen molar-refractivity contribution in [2.75, 3.05) is 32.8 Å². The normalized spacial score (nSPS) is 37.2. The molecule has 5 heteroatoms. The number of amides is 1. The molecule has 0 spiro atoms. The molecule has 0 aromatic heterocycles. The summed E-state index contributed by atoms with van der Waals surface area (Å²) in [6.45, 7) is 6.95. The van der Waals surface area contributed by atoms with Gasteiger partial charge in [-0.1, -0.05) is 6.92 Å². The Kier molecular flexibility index (Phi) is 5.14. The SMILES string of the molecule is CC1CCCNC1CC(=O)NCC1CN2CCCC2CO1. The summed E-state index contributed by atoms with van der Waals surface area (Å²) in [6.07, 6.45) is 5.78. The highest BCUT2D eigenvalue weighted by Gasteiger charge is 2.32. The molecule has 0 bridgehead atoms. The number of carbonyl (C=O) groups excluding carboxylic acids is 1. The zero-order chi connectivity index (χ0) is 14.7. The summed E-state index contributed by atoms with van der Waals surface area (Å²) < 4.78 is 5.88. The van der Waals surface area contributed by atoms with Gasteiger partial charge in [-0.05, 0) is 44.7 Å². The van der Waals surface area contributed by atoms with Crippen LogP contribution in [0.2, 0.25) is 0 Å². The zero-order valence-electron chi connectivity index (χ0n) is 13.1. The highest BCUT2D eigenvalue weighted by molar-refractivity contribution is 5.76. The van der Waals surface area contributed by atoms with Gasteiger partial charge in [-0.25, -0.2) is 0 Å². The molecular formula is C16H29N3O2. The lowest BCUT2D eigenvalue weighted by molar-refractivity contribution is -0.123. The second-order valence-corrected chi connectivity index (χ2v) is 6.93. The number of fused-ring (bicyclic) bond motifs is 1. The van der Waals surface area contributed by atoms with Crippen molar-refractivity contribution in [2.45, 2.75) is 57.2 Å². The fraction of sp³-hybridized carbons (Fsp3) is 0.938. The number of nitrogens with zero attached hydrogens (tertiary/aromatic N) is 1. The molecule has 2 N–H and O–H groups in total. The minimum atomic E-state index is 0.161. The summed E-state index contributed by atoms with van der Waals surface area (Å²) in [5.74, 6) is 0.759. The van der Waals surface area contributed by atoms with E-state index in [0.29, 0.717) is 31.0 Å². The smallest absolute Gasteiger partial charge is 0.221 e. The van der Waals surface area contributed by atoms with Crippen LogP contribution in [-0.2, 0) is 9.53 Å². The molecule has 3 rings (SSSR count). The standard InChI is InChI=1S/C16H29N3O2/c1-12-4-2-6-17-15(12)8-16(20)18-9-14-10-19-7-3-5-13(19)11-21-14/h12-15,17H,2-11H2,1H3,(H,18,20). The molecule has 5 nitrogen and oxygen atoms in total. The van der Waals surface area contributed by atoms with Gasteiger partial charge >= 0.3 is 0 Å². The number of ether oxygens (including phenoxy) is 1. The van der Waals surface area contributed by atoms with E-state index in [2.05, 4.69) is 22.5 Å². The van der Waals surface area contributed by atoms with Crippen molar-refractivity contribution in [2.24, 2.45) is 5.92 Å². The number of morpholine rings is 1. The van der Waals surface area contributed by atoms with E-state index in [1.165, 1.54) is 32.2 Å². The molecule has 3 heterocycles. The van der Waals surface area contributed by atoms with Gasteiger partial charge < -0.3 is 15.4 Å². The second-order valence-electron chi connectivity index (χ2n) is 6.93. The molecule has 3 aliphatic heterocycles. The van der Waals surface area contributed by atoms with E-state index < -0.39 is 0 Å².